The second kappa shape index (κ2) is 7.72. The van der Waals surface area contributed by atoms with Gasteiger partial charge in [0.25, 0.3) is 5.69 Å². The van der Waals surface area contributed by atoms with E-state index in [1.165, 1.54) is 23.9 Å². The van der Waals surface area contributed by atoms with Crippen LogP contribution >= 0.6 is 11.8 Å². The Kier molecular flexibility index (Phi) is 5.20. The highest BCUT2D eigenvalue weighted by Crippen LogP contribution is 2.34. The molecular weight excluding hydrogens is 336 g/mol. The van der Waals surface area contributed by atoms with Gasteiger partial charge in [-0.2, -0.15) is 0 Å². The largest absolute Gasteiger partial charge is 0.489 e. The van der Waals surface area contributed by atoms with Crippen LogP contribution in [-0.4, -0.2) is 4.92 Å². The second-order valence-electron chi connectivity index (χ2n) is 5.33. The topological polar surface area (TPSA) is 78.4 Å². The summed E-state index contributed by atoms with van der Waals surface area (Å²) >= 11 is 1.45. The Morgan fingerprint density at radius 1 is 1.00 bits per heavy atom. The first-order valence-corrected chi connectivity index (χ1v) is 8.42. The van der Waals surface area contributed by atoms with Gasteiger partial charge >= 0.3 is 0 Å². The lowest BCUT2D eigenvalue weighted by molar-refractivity contribution is -0.384. The number of nitrogens with zero attached hydrogens (tertiary/aromatic N) is 1. The van der Waals surface area contributed by atoms with Gasteiger partial charge in [0.1, 0.15) is 12.4 Å². The smallest absolute Gasteiger partial charge is 0.271 e. The number of nitrogen functional groups attached to an aromatic ring is 1. The summed E-state index contributed by atoms with van der Waals surface area (Å²) in [5, 5.41) is 10.8. The Morgan fingerprint density at radius 3 is 2.36 bits per heavy atom. The maximum Gasteiger partial charge on any atom is 0.271 e. The first-order valence-electron chi connectivity index (χ1n) is 7.60. The van der Waals surface area contributed by atoms with E-state index in [0.717, 1.165) is 21.1 Å². The molecule has 0 aliphatic carbocycles. The van der Waals surface area contributed by atoms with Crippen molar-refractivity contribution in [1.82, 2.24) is 0 Å². The molecular formula is C19H16N2O3S. The fraction of sp³-hybridized carbons (Fsp3) is 0.0526. The van der Waals surface area contributed by atoms with Crippen LogP contribution in [0.4, 0.5) is 11.4 Å². The van der Waals surface area contributed by atoms with E-state index in [9.17, 15) is 10.1 Å². The molecule has 0 heterocycles. The number of benzene rings is 3. The molecule has 0 unspecified atom stereocenters. The fourth-order valence-electron chi connectivity index (χ4n) is 2.21. The summed E-state index contributed by atoms with van der Waals surface area (Å²) in [5.41, 5.74) is 7.39. The predicted octanol–water partition coefficient (Wildman–Crippen LogP) is 4.91. The number of nitrogens with two attached hydrogens (primary N) is 1. The molecule has 126 valence electrons. The summed E-state index contributed by atoms with van der Waals surface area (Å²) in [4.78, 5) is 12.1. The Labute approximate surface area is 149 Å². The Bertz CT molecular complexity index is 868. The van der Waals surface area contributed by atoms with Crippen LogP contribution in [0.2, 0.25) is 0 Å². The Hall–Kier alpha value is -2.99. The van der Waals surface area contributed by atoms with E-state index in [1.807, 2.05) is 54.6 Å². The Morgan fingerprint density at radius 2 is 1.72 bits per heavy atom. The zero-order chi connectivity index (χ0) is 17.6. The number of hydrogen-bond acceptors (Lipinski definition) is 5. The van der Waals surface area contributed by atoms with Crippen molar-refractivity contribution in [1.29, 1.82) is 0 Å². The normalized spacial score (nSPS) is 10.4. The third kappa shape index (κ3) is 4.51. The number of non-ortho nitro benzene ring substituents is 1. The summed E-state index contributed by atoms with van der Waals surface area (Å²) in [7, 11) is 0. The molecule has 0 amide bonds. The van der Waals surface area contributed by atoms with Gasteiger partial charge in [-0.1, -0.05) is 42.1 Å². The molecule has 3 aromatic carbocycles. The average molecular weight is 352 g/mol. The second-order valence-corrected chi connectivity index (χ2v) is 6.44. The van der Waals surface area contributed by atoms with E-state index in [2.05, 4.69) is 0 Å². The summed E-state index contributed by atoms with van der Waals surface area (Å²) < 4.78 is 5.75. The first-order chi connectivity index (χ1) is 12.1. The monoisotopic (exact) mass is 352 g/mol. The van der Waals surface area contributed by atoms with Gasteiger partial charge in [-0.3, -0.25) is 10.1 Å². The van der Waals surface area contributed by atoms with Crippen molar-refractivity contribution in [3.05, 3.63) is 88.5 Å². The minimum absolute atomic E-state index is 0.00786. The number of ether oxygens (including phenoxy) is 1. The van der Waals surface area contributed by atoms with Crippen molar-refractivity contribution in [3.63, 3.8) is 0 Å². The predicted molar refractivity (Wildman–Crippen MR) is 98.8 cm³/mol. The molecule has 25 heavy (non-hydrogen) atoms. The van der Waals surface area contributed by atoms with Crippen LogP contribution in [0, 0.1) is 10.1 Å². The highest BCUT2D eigenvalue weighted by Gasteiger charge is 2.09. The fourth-order valence-corrected chi connectivity index (χ4v) is 3.05. The molecule has 0 aromatic heterocycles. The van der Waals surface area contributed by atoms with Crippen LogP contribution < -0.4 is 10.5 Å². The van der Waals surface area contributed by atoms with Crippen molar-refractivity contribution >= 4 is 23.1 Å². The van der Waals surface area contributed by atoms with Gasteiger partial charge in [0.2, 0.25) is 0 Å². The molecule has 3 aromatic rings. The van der Waals surface area contributed by atoms with Gasteiger partial charge in [-0.25, -0.2) is 0 Å². The SMILES string of the molecule is Nc1cc([N+](=O)[O-])ccc1Sc1ccc(OCc2ccccc2)cc1. The lowest BCUT2D eigenvalue weighted by Gasteiger charge is -2.08. The van der Waals surface area contributed by atoms with E-state index >= 15 is 0 Å². The van der Waals surface area contributed by atoms with Gasteiger partial charge in [-0.05, 0) is 35.9 Å². The van der Waals surface area contributed by atoms with E-state index in [0.29, 0.717) is 12.3 Å². The molecule has 0 aliphatic heterocycles. The van der Waals surface area contributed by atoms with Crippen LogP contribution in [0.1, 0.15) is 5.56 Å². The maximum atomic E-state index is 10.8. The van der Waals surface area contributed by atoms with Crippen molar-refractivity contribution in [2.24, 2.45) is 0 Å². The molecule has 0 radical (unpaired) electrons. The molecule has 0 saturated carbocycles. The number of nitro groups is 1. The molecule has 3 rings (SSSR count). The molecule has 0 saturated heterocycles. The van der Waals surface area contributed by atoms with Crippen molar-refractivity contribution in [2.45, 2.75) is 16.4 Å². The average Bonchev–Trinajstić information content (AvgIpc) is 2.63. The molecule has 0 bridgehead atoms. The lowest BCUT2D eigenvalue weighted by Crippen LogP contribution is -1.95. The molecule has 0 aliphatic rings. The Balaban J connectivity index is 1.63. The lowest BCUT2D eigenvalue weighted by atomic mass is 10.2. The summed E-state index contributed by atoms with van der Waals surface area (Å²) in [6, 6.07) is 22.1. The molecule has 0 spiro atoms. The van der Waals surface area contributed by atoms with Crippen molar-refractivity contribution in [2.75, 3.05) is 5.73 Å². The first kappa shape index (κ1) is 16.9. The van der Waals surface area contributed by atoms with Crippen LogP contribution in [0.5, 0.6) is 5.75 Å². The van der Waals surface area contributed by atoms with Crippen molar-refractivity contribution < 1.29 is 9.66 Å². The molecule has 5 nitrogen and oxygen atoms in total. The maximum absolute atomic E-state index is 10.8. The highest BCUT2D eigenvalue weighted by atomic mass is 32.2. The highest BCUT2D eigenvalue weighted by molar-refractivity contribution is 7.99. The van der Waals surface area contributed by atoms with E-state index in [1.54, 1.807) is 6.07 Å². The zero-order valence-corrected chi connectivity index (χ0v) is 14.1. The van der Waals surface area contributed by atoms with E-state index in [-0.39, 0.29) is 5.69 Å². The van der Waals surface area contributed by atoms with Gasteiger partial charge in [0.15, 0.2) is 0 Å². The minimum atomic E-state index is -0.455. The standard InChI is InChI=1S/C19H16N2O3S/c20-18-12-15(21(22)23)6-11-19(18)25-17-9-7-16(8-10-17)24-13-14-4-2-1-3-5-14/h1-12H,13,20H2. The third-order valence-electron chi connectivity index (χ3n) is 3.50. The van der Waals surface area contributed by atoms with Crippen LogP contribution in [0.15, 0.2) is 82.6 Å². The molecule has 0 atom stereocenters. The molecule has 0 fully saturated rings. The van der Waals surface area contributed by atoms with E-state index < -0.39 is 4.92 Å². The van der Waals surface area contributed by atoms with Crippen molar-refractivity contribution in [3.8, 4) is 5.75 Å². The summed E-state index contributed by atoms with van der Waals surface area (Å²) in [6.45, 7) is 0.516. The number of anilines is 1. The zero-order valence-electron chi connectivity index (χ0n) is 13.3. The number of rotatable bonds is 6. The molecule has 6 heteroatoms. The number of nitro benzene ring substituents is 1. The van der Waals surface area contributed by atoms with Crippen LogP contribution in [0.25, 0.3) is 0 Å². The minimum Gasteiger partial charge on any atom is -0.489 e. The van der Waals surface area contributed by atoms with Crippen LogP contribution in [0.3, 0.4) is 0 Å². The van der Waals surface area contributed by atoms with Gasteiger partial charge in [0, 0.05) is 21.9 Å². The van der Waals surface area contributed by atoms with Gasteiger partial charge in [0.05, 0.1) is 10.6 Å². The van der Waals surface area contributed by atoms with Gasteiger partial charge < -0.3 is 10.5 Å². The van der Waals surface area contributed by atoms with E-state index in [4.69, 9.17) is 10.5 Å². The van der Waals surface area contributed by atoms with Crippen LogP contribution in [-0.2, 0) is 6.61 Å². The number of hydrogen-bond donors (Lipinski definition) is 1. The quantitative estimate of drug-likeness (QED) is 0.387. The summed E-state index contributed by atoms with van der Waals surface area (Å²) in [6.07, 6.45) is 0. The van der Waals surface area contributed by atoms with Gasteiger partial charge in [-0.15, -0.1) is 0 Å². The summed E-state index contributed by atoms with van der Waals surface area (Å²) in [5.74, 6) is 0.782. The molecule has 2 N–H and O–H groups in total. The third-order valence-corrected chi connectivity index (χ3v) is 4.60.